The van der Waals surface area contributed by atoms with Crippen molar-refractivity contribution in [1.82, 2.24) is 9.71 Å². The third-order valence-corrected chi connectivity index (χ3v) is 4.30. The highest BCUT2D eigenvalue weighted by Gasteiger charge is 2.18. The van der Waals surface area contributed by atoms with E-state index in [1.54, 1.807) is 24.3 Å². The third kappa shape index (κ3) is 3.44. The fourth-order valence-electron chi connectivity index (χ4n) is 1.87. The molecule has 9 heteroatoms. The summed E-state index contributed by atoms with van der Waals surface area (Å²) < 4.78 is 24.9. The van der Waals surface area contributed by atoms with Gasteiger partial charge in [0.1, 0.15) is 11.9 Å². The number of sulfonamides is 1. The first-order valence-electron chi connectivity index (χ1n) is 6.12. The van der Waals surface area contributed by atoms with E-state index < -0.39 is 14.9 Å². The molecule has 0 atom stereocenters. The third-order valence-electron chi connectivity index (χ3n) is 2.94. The van der Waals surface area contributed by atoms with Crippen LogP contribution in [0.4, 0.5) is 11.4 Å². The van der Waals surface area contributed by atoms with Crippen molar-refractivity contribution in [2.45, 2.75) is 0 Å². The number of hydrogen-bond acceptors (Lipinski definition) is 6. The van der Waals surface area contributed by atoms with Crippen LogP contribution in [0.1, 0.15) is 0 Å². The number of fused-ring (bicyclic) bond motifs is 1. The molecule has 2 rings (SSSR count). The molecule has 112 valence electrons. The topological polar surface area (TPSA) is 114 Å². The second-order valence-corrected chi connectivity index (χ2v) is 6.29. The Morgan fingerprint density at radius 2 is 2.05 bits per heavy atom. The van der Waals surface area contributed by atoms with E-state index in [1.165, 1.54) is 7.05 Å². The van der Waals surface area contributed by atoms with E-state index in [9.17, 15) is 18.5 Å². The van der Waals surface area contributed by atoms with Gasteiger partial charge in [0.25, 0.3) is 0 Å². The molecule has 0 amide bonds. The van der Waals surface area contributed by atoms with Gasteiger partial charge in [-0.15, -0.1) is 0 Å². The van der Waals surface area contributed by atoms with Gasteiger partial charge in [0, 0.05) is 11.9 Å². The van der Waals surface area contributed by atoms with Gasteiger partial charge in [-0.2, -0.15) is 0 Å². The number of nitro groups is 1. The maximum Gasteiger partial charge on any atom is 0.311 e. The quantitative estimate of drug-likeness (QED) is 0.610. The number of para-hydroxylation sites is 1. The van der Waals surface area contributed by atoms with Crippen molar-refractivity contribution in [3.63, 3.8) is 0 Å². The van der Waals surface area contributed by atoms with Gasteiger partial charge in [-0.05, 0) is 13.1 Å². The van der Waals surface area contributed by atoms with Gasteiger partial charge in [0.2, 0.25) is 10.0 Å². The Balaban J connectivity index is 2.36. The summed E-state index contributed by atoms with van der Waals surface area (Å²) in [5.41, 5.74) is 0.689. The number of anilines is 1. The highest BCUT2D eigenvalue weighted by atomic mass is 32.2. The summed E-state index contributed by atoms with van der Waals surface area (Å²) in [6.07, 6.45) is 1.16. The number of pyridine rings is 1. The maximum atomic E-state index is 11.4. The van der Waals surface area contributed by atoms with Crippen molar-refractivity contribution < 1.29 is 13.3 Å². The lowest BCUT2D eigenvalue weighted by Gasteiger charge is -2.10. The zero-order chi connectivity index (χ0) is 15.5. The van der Waals surface area contributed by atoms with Crippen LogP contribution in [0.5, 0.6) is 0 Å². The average molecular weight is 310 g/mol. The van der Waals surface area contributed by atoms with E-state index in [0.717, 1.165) is 6.20 Å². The van der Waals surface area contributed by atoms with Crippen LogP contribution >= 0.6 is 0 Å². The van der Waals surface area contributed by atoms with Crippen LogP contribution in [0, 0.1) is 10.1 Å². The second-order valence-electron chi connectivity index (χ2n) is 4.24. The molecule has 0 fully saturated rings. The Labute approximate surface area is 121 Å². The van der Waals surface area contributed by atoms with Crippen LogP contribution in [-0.4, -0.2) is 37.7 Å². The summed E-state index contributed by atoms with van der Waals surface area (Å²) in [6, 6.07) is 6.94. The number of nitrogens with zero attached hydrogens (tertiary/aromatic N) is 2. The second kappa shape index (κ2) is 6.02. The van der Waals surface area contributed by atoms with Crippen LogP contribution in [0.2, 0.25) is 0 Å². The summed E-state index contributed by atoms with van der Waals surface area (Å²) in [5, 5.41) is 14.5. The lowest BCUT2D eigenvalue weighted by atomic mass is 10.1. The van der Waals surface area contributed by atoms with Gasteiger partial charge in [-0.25, -0.2) is 18.1 Å². The first-order valence-corrected chi connectivity index (χ1v) is 7.77. The van der Waals surface area contributed by atoms with Gasteiger partial charge in [0.05, 0.1) is 16.2 Å². The van der Waals surface area contributed by atoms with Crippen LogP contribution in [0.3, 0.4) is 0 Å². The van der Waals surface area contributed by atoms with Gasteiger partial charge in [-0.3, -0.25) is 10.1 Å². The lowest BCUT2D eigenvalue weighted by Crippen LogP contribution is -2.26. The minimum Gasteiger partial charge on any atom is -0.378 e. The normalized spacial score (nSPS) is 11.5. The molecule has 1 aromatic heterocycles. The Hall–Kier alpha value is -2.26. The van der Waals surface area contributed by atoms with Crippen molar-refractivity contribution in [1.29, 1.82) is 0 Å². The summed E-state index contributed by atoms with van der Waals surface area (Å²) in [4.78, 5) is 14.6. The van der Waals surface area contributed by atoms with Crippen molar-refractivity contribution >= 4 is 32.3 Å². The Kier molecular flexibility index (Phi) is 4.34. The molecule has 8 nitrogen and oxygen atoms in total. The summed E-state index contributed by atoms with van der Waals surface area (Å²) in [5.74, 6) is -0.183. The van der Waals surface area contributed by atoms with E-state index in [-0.39, 0.29) is 23.7 Å². The number of hydrogen-bond donors (Lipinski definition) is 2. The Morgan fingerprint density at radius 3 is 2.71 bits per heavy atom. The van der Waals surface area contributed by atoms with Gasteiger partial charge in [-0.1, -0.05) is 18.2 Å². The molecule has 2 aromatic rings. The largest absolute Gasteiger partial charge is 0.378 e. The van der Waals surface area contributed by atoms with E-state index in [0.29, 0.717) is 10.9 Å². The van der Waals surface area contributed by atoms with Crippen molar-refractivity contribution in [3.05, 3.63) is 40.6 Å². The molecule has 0 saturated heterocycles. The highest BCUT2D eigenvalue weighted by Crippen LogP contribution is 2.31. The molecule has 2 N–H and O–H groups in total. The minimum absolute atomic E-state index is 0.0536. The van der Waals surface area contributed by atoms with Crippen molar-refractivity contribution in [2.24, 2.45) is 0 Å². The summed E-state index contributed by atoms with van der Waals surface area (Å²) >= 11 is 0. The molecule has 1 aromatic carbocycles. The fourth-order valence-corrected chi connectivity index (χ4v) is 2.44. The number of nitrogens with one attached hydrogen (secondary N) is 2. The Bertz CT molecular complexity index is 776. The molecule has 0 aliphatic rings. The summed E-state index contributed by atoms with van der Waals surface area (Å²) in [7, 11) is -2.05. The monoisotopic (exact) mass is 310 g/mol. The number of aromatic nitrogens is 1. The van der Waals surface area contributed by atoms with E-state index in [1.807, 2.05) is 0 Å². The molecule has 0 aliphatic carbocycles. The van der Waals surface area contributed by atoms with Crippen LogP contribution in [0.25, 0.3) is 10.9 Å². The average Bonchev–Trinajstić information content (AvgIpc) is 2.47. The van der Waals surface area contributed by atoms with Gasteiger partial charge >= 0.3 is 5.69 Å². The SMILES string of the molecule is CNS(=O)(=O)CCNc1c([N+](=O)[O-])cnc2ccccc12. The predicted octanol–water partition coefficient (Wildman–Crippen LogP) is 1.10. The molecule has 0 bridgehead atoms. The molecule has 0 radical (unpaired) electrons. The van der Waals surface area contributed by atoms with Crippen LogP contribution in [0.15, 0.2) is 30.5 Å². The standard InChI is InChI=1S/C12H14N4O4S/c1-13-21(19,20)7-6-14-12-9-4-2-3-5-10(9)15-8-11(12)16(17)18/h2-5,8,13H,6-7H2,1H3,(H,14,15). The van der Waals surface area contributed by atoms with Crippen LogP contribution < -0.4 is 10.0 Å². The first kappa shape index (κ1) is 15.1. The number of rotatable bonds is 6. The molecular weight excluding hydrogens is 296 g/mol. The maximum absolute atomic E-state index is 11.4. The lowest BCUT2D eigenvalue weighted by molar-refractivity contribution is -0.384. The van der Waals surface area contributed by atoms with Gasteiger partial charge in [0.15, 0.2) is 0 Å². The molecule has 0 unspecified atom stereocenters. The molecule has 1 heterocycles. The highest BCUT2D eigenvalue weighted by molar-refractivity contribution is 7.89. The number of benzene rings is 1. The van der Waals surface area contributed by atoms with E-state index in [2.05, 4.69) is 15.0 Å². The van der Waals surface area contributed by atoms with Crippen molar-refractivity contribution in [3.8, 4) is 0 Å². The van der Waals surface area contributed by atoms with Gasteiger partial charge < -0.3 is 5.32 Å². The zero-order valence-corrected chi connectivity index (χ0v) is 12.1. The van der Waals surface area contributed by atoms with Crippen LogP contribution in [-0.2, 0) is 10.0 Å². The predicted molar refractivity (Wildman–Crippen MR) is 79.7 cm³/mol. The molecular formula is C12H14N4O4S. The fraction of sp³-hybridized carbons (Fsp3) is 0.250. The molecule has 0 aliphatic heterocycles. The zero-order valence-electron chi connectivity index (χ0n) is 11.2. The van der Waals surface area contributed by atoms with E-state index >= 15 is 0 Å². The molecule has 0 spiro atoms. The molecule has 21 heavy (non-hydrogen) atoms. The Morgan fingerprint density at radius 1 is 1.33 bits per heavy atom. The molecule has 0 saturated carbocycles. The smallest absolute Gasteiger partial charge is 0.311 e. The minimum atomic E-state index is -3.37. The summed E-state index contributed by atoms with van der Waals surface area (Å²) in [6.45, 7) is 0.0536. The van der Waals surface area contributed by atoms with E-state index in [4.69, 9.17) is 0 Å². The van der Waals surface area contributed by atoms with Crippen molar-refractivity contribution in [2.75, 3.05) is 24.7 Å². The first-order chi connectivity index (χ1) is 9.94.